The van der Waals surface area contributed by atoms with Crippen LogP contribution >= 0.6 is 12.2 Å². The number of halogens is 1. The third-order valence-electron chi connectivity index (χ3n) is 7.94. The maximum atomic E-state index is 14.7. The average Bonchev–Trinajstić information content (AvgIpc) is 2.98. The average molecular weight is 574 g/mol. The predicted octanol–water partition coefficient (Wildman–Crippen LogP) is 1.76. The number of benzene rings is 1. The largest absolute Gasteiger partial charge is 0.372 e. The van der Waals surface area contributed by atoms with Crippen molar-refractivity contribution in [1.29, 1.82) is 0 Å². The topological polar surface area (TPSA) is 83.2 Å². The molecule has 1 aromatic rings. The number of unbranched alkanes of at least 4 members (excludes halogenated alkanes) is 1. The number of carbonyl (C=O) groups excluding carboxylic acids is 2. The van der Waals surface area contributed by atoms with Gasteiger partial charge in [-0.05, 0) is 42.4 Å². The van der Waals surface area contributed by atoms with E-state index in [0.717, 1.165) is 77.3 Å². The fourth-order valence-corrected chi connectivity index (χ4v) is 5.59. The molecule has 11 heteroatoms. The van der Waals surface area contributed by atoms with Gasteiger partial charge < -0.3 is 25.8 Å². The van der Waals surface area contributed by atoms with Gasteiger partial charge in [0.15, 0.2) is 10.9 Å². The molecule has 1 unspecified atom stereocenters. The Balaban J connectivity index is 1.27. The van der Waals surface area contributed by atoms with Crippen LogP contribution in [-0.2, 0) is 11.3 Å². The van der Waals surface area contributed by atoms with Gasteiger partial charge in [-0.1, -0.05) is 25.8 Å². The van der Waals surface area contributed by atoms with Crippen LogP contribution in [-0.4, -0.2) is 115 Å². The number of rotatable bonds is 11. The summed E-state index contributed by atoms with van der Waals surface area (Å²) in [4.78, 5) is 33.3. The Morgan fingerprint density at radius 3 is 2.58 bits per heavy atom. The van der Waals surface area contributed by atoms with E-state index in [-0.39, 0.29) is 17.3 Å². The van der Waals surface area contributed by atoms with Crippen LogP contribution in [0.4, 0.5) is 4.39 Å². The quantitative estimate of drug-likeness (QED) is 0.343. The molecule has 2 fully saturated rings. The summed E-state index contributed by atoms with van der Waals surface area (Å²) in [6.07, 6.45) is 7.13. The van der Waals surface area contributed by atoms with E-state index in [1.807, 2.05) is 4.90 Å². The number of allylic oxidation sites excluding steroid dienone is 1. The molecule has 0 aliphatic carbocycles. The van der Waals surface area contributed by atoms with Gasteiger partial charge in [-0.25, -0.2) is 4.39 Å². The molecule has 9 nitrogen and oxygen atoms in total. The Bertz CT molecular complexity index is 1040. The molecule has 0 bridgehead atoms. The Morgan fingerprint density at radius 1 is 1.10 bits per heavy atom. The van der Waals surface area contributed by atoms with Crippen LogP contribution in [0.1, 0.15) is 48.5 Å². The Kier molecular flexibility index (Phi) is 11.7. The van der Waals surface area contributed by atoms with Crippen molar-refractivity contribution >= 4 is 29.0 Å². The van der Waals surface area contributed by atoms with Crippen molar-refractivity contribution in [3.63, 3.8) is 0 Å². The van der Waals surface area contributed by atoms with E-state index < -0.39 is 5.82 Å². The summed E-state index contributed by atoms with van der Waals surface area (Å²) in [5.41, 5.74) is 0.975. The summed E-state index contributed by atoms with van der Waals surface area (Å²) in [7, 11) is 0. The lowest BCUT2D eigenvalue weighted by Gasteiger charge is -2.39. The number of thiocarbonyl (C=S) groups is 1. The zero-order chi connectivity index (χ0) is 28.3. The van der Waals surface area contributed by atoms with Crippen molar-refractivity contribution < 1.29 is 14.0 Å². The predicted molar refractivity (Wildman–Crippen MR) is 159 cm³/mol. The lowest BCUT2D eigenvalue weighted by molar-refractivity contribution is -0.115. The first-order chi connectivity index (χ1) is 19.4. The molecule has 2 saturated heterocycles. The van der Waals surface area contributed by atoms with Gasteiger partial charge in [0.25, 0.3) is 5.91 Å². The minimum Gasteiger partial charge on any atom is -0.372 e. The van der Waals surface area contributed by atoms with Crippen LogP contribution in [0.2, 0.25) is 0 Å². The van der Waals surface area contributed by atoms with Gasteiger partial charge in [-0.2, -0.15) is 0 Å². The second kappa shape index (κ2) is 15.4. The minimum atomic E-state index is -0.493. The normalized spacial score (nSPS) is 19.5. The number of nitrogens with one attached hydrogen (secondary N) is 3. The van der Waals surface area contributed by atoms with E-state index >= 15 is 0 Å². The Labute approximate surface area is 243 Å². The highest BCUT2D eigenvalue weighted by Crippen LogP contribution is 2.19. The molecule has 1 aromatic carbocycles. The van der Waals surface area contributed by atoms with E-state index in [4.69, 9.17) is 12.2 Å². The lowest BCUT2D eigenvalue weighted by atomic mass is 10.1. The summed E-state index contributed by atoms with van der Waals surface area (Å²) in [5.74, 6) is -0.638. The molecule has 0 saturated carbocycles. The number of hydrogen-bond acceptors (Lipinski definition) is 7. The van der Waals surface area contributed by atoms with E-state index in [9.17, 15) is 14.0 Å². The fraction of sp³-hybridized carbons (Fsp3) is 0.621. The van der Waals surface area contributed by atoms with E-state index in [1.54, 1.807) is 29.3 Å². The van der Waals surface area contributed by atoms with Crippen molar-refractivity contribution in [2.75, 3.05) is 72.1 Å². The summed E-state index contributed by atoms with van der Waals surface area (Å²) in [5, 5.41) is 10.8. The van der Waals surface area contributed by atoms with Crippen LogP contribution in [0.5, 0.6) is 0 Å². The molecule has 0 aromatic heterocycles. The van der Waals surface area contributed by atoms with Crippen LogP contribution in [0.3, 0.4) is 0 Å². The van der Waals surface area contributed by atoms with Gasteiger partial charge in [-0.3, -0.25) is 19.4 Å². The number of nitrogens with zero attached hydrogens (tertiary/aromatic N) is 4. The molecular formula is C29H44FN7O2S. The molecule has 220 valence electrons. The highest BCUT2D eigenvalue weighted by atomic mass is 32.1. The second-order valence-corrected chi connectivity index (χ2v) is 11.3. The third kappa shape index (κ3) is 8.95. The second-order valence-electron chi connectivity index (χ2n) is 10.9. The molecule has 3 aliphatic heterocycles. The molecule has 1 atom stereocenters. The van der Waals surface area contributed by atoms with Gasteiger partial charge in [-0.15, -0.1) is 0 Å². The van der Waals surface area contributed by atoms with Crippen LogP contribution < -0.4 is 16.0 Å². The van der Waals surface area contributed by atoms with Gasteiger partial charge in [0.05, 0.1) is 12.2 Å². The van der Waals surface area contributed by atoms with E-state index in [1.165, 1.54) is 6.07 Å². The van der Waals surface area contributed by atoms with E-state index in [0.29, 0.717) is 43.8 Å². The highest BCUT2D eigenvalue weighted by molar-refractivity contribution is 7.80. The van der Waals surface area contributed by atoms with Crippen LogP contribution in [0.15, 0.2) is 30.5 Å². The molecule has 40 heavy (non-hydrogen) atoms. The van der Waals surface area contributed by atoms with E-state index in [2.05, 4.69) is 32.7 Å². The minimum absolute atomic E-state index is 0.114. The van der Waals surface area contributed by atoms with Gasteiger partial charge >= 0.3 is 0 Å². The first-order valence-corrected chi connectivity index (χ1v) is 15.1. The molecule has 1 amide bonds. The standard InChI is InChI=1S/C29H44FN7O2S/c1-2-3-4-24(20-32-29(40)33-22-35-13-9-31-10-14-35)36-15-17-37(18-16-36)28(39)26-19-23(5-6-27(26)30)21-34-11-7-25(38)8-12-34/h5-7,11,19,24,31H,2-4,8-10,12-18,20-22H2,1H3,(H2,32,33,40). The van der Waals surface area contributed by atoms with Crippen molar-refractivity contribution in [3.05, 3.63) is 47.4 Å². The number of hydrogen-bond donors (Lipinski definition) is 3. The van der Waals surface area contributed by atoms with Gasteiger partial charge in [0.1, 0.15) is 5.82 Å². The zero-order valence-electron chi connectivity index (χ0n) is 23.7. The summed E-state index contributed by atoms with van der Waals surface area (Å²) in [6, 6.07) is 5.07. The smallest absolute Gasteiger partial charge is 0.256 e. The molecule has 0 radical (unpaired) electrons. The Morgan fingerprint density at radius 2 is 1.88 bits per heavy atom. The maximum Gasteiger partial charge on any atom is 0.256 e. The van der Waals surface area contributed by atoms with Gasteiger partial charge in [0.2, 0.25) is 0 Å². The number of carbonyl (C=O) groups is 2. The van der Waals surface area contributed by atoms with Crippen molar-refractivity contribution in [3.8, 4) is 0 Å². The first-order valence-electron chi connectivity index (χ1n) is 14.6. The van der Waals surface area contributed by atoms with Crippen LogP contribution in [0, 0.1) is 5.82 Å². The lowest BCUT2D eigenvalue weighted by Crippen LogP contribution is -2.55. The van der Waals surface area contributed by atoms with Gasteiger partial charge in [0, 0.05) is 90.7 Å². The molecule has 3 N–H and O–H groups in total. The Hall–Kier alpha value is -2.60. The molecule has 4 rings (SSSR count). The SMILES string of the molecule is CCCCC(CNC(=S)NCN1CCNCC1)N1CCN(C(=O)c2cc(CN3C=CC(=O)CC3)ccc2F)CC1. The molecular weight excluding hydrogens is 529 g/mol. The summed E-state index contributed by atoms with van der Waals surface area (Å²) in [6.45, 7) is 11.5. The number of ketones is 1. The fourth-order valence-electron chi connectivity index (χ4n) is 5.44. The summed E-state index contributed by atoms with van der Waals surface area (Å²) >= 11 is 5.55. The van der Waals surface area contributed by atoms with Crippen LogP contribution in [0.25, 0.3) is 0 Å². The van der Waals surface area contributed by atoms with Crippen molar-refractivity contribution in [1.82, 2.24) is 35.6 Å². The number of piperazine rings is 2. The molecule has 3 aliphatic rings. The molecule has 0 spiro atoms. The zero-order valence-corrected chi connectivity index (χ0v) is 24.5. The first kappa shape index (κ1) is 30.4. The third-order valence-corrected chi connectivity index (χ3v) is 8.23. The maximum absolute atomic E-state index is 14.7. The number of amides is 1. The summed E-state index contributed by atoms with van der Waals surface area (Å²) < 4.78 is 14.7. The van der Waals surface area contributed by atoms with Crippen molar-refractivity contribution in [2.24, 2.45) is 0 Å². The monoisotopic (exact) mass is 573 g/mol. The highest BCUT2D eigenvalue weighted by Gasteiger charge is 2.28. The van der Waals surface area contributed by atoms with Crippen molar-refractivity contribution in [2.45, 2.75) is 45.2 Å². The molecule has 3 heterocycles.